The second kappa shape index (κ2) is 13.6. The standard InChI is InChI=1S/C36H43N5O9S/c1-20-15-28(39-50-20)27-17-31(26-12-13-30(47-4)21(2)32(26)37-27)49-24-16-29-33(42)38-36(35(44)40-51(45,46)25-10-11-25)18-23(36)9-7-5-6-8-14-48-22(3)34(43)41(29)19-24/h7,9,12-13,15,17,22-25,29H,5-6,8,10-11,14,16,18-19H2,1-4H3,(H,38,42)(H,40,44)/b9-7-/t22-,23-,24-,29+,36-/m1/s1. The van der Waals surface area contributed by atoms with Crippen LogP contribution in [0.25, 0.3) is 22.3 Å². The van der Waals surface area contributed by atoms with E-state index < -0.39 is 56.8 Å². The van der Waals surface area contributed by atoms with Gasteiger partial charge >= 0.3 is 0 Å². The first-order valence-corrected chi connectivity index (χ1v) is 19.0. The van der Waals surface area contributed by atoms with Crippen molar-refractivity contribution in [3.8, 4) is 22.9 Å². The number of fused-ring (bicyclic) bond motifs is 3. The van der Waals surface area contributed by atoms with Gasteiger partial charge in [-0.3, -0.25) is 19.1 Å². The van der Waals surface area contributed by atoms with Gasteiger partial charge in [-0.15, -0.1) is 0 Å². The van der Waals surface area contributed by atoms with Crippen LogP contribution in [0.3, 0.4) is 0 Å². The third-order valence-electron chi connectivity index (χ3n) is 10.2. The fourth-order valence-electron chi connectivity index (χ4n) is 7.03. The molecular weight excluding hydrogens is 678 g/mol. The van der Waals surface area contributed by atoms with E-state index in [1.165, 1.54) is 4.90 Å². The maximum atomic E-state index is 14.2. The molecule has 51 heavy (non-hydrogen) atoms. The molecule has 15 heteroatoms. The summed E-state index contributed by atoms with van der Waals surface area (Å²) in [6, 6.07) is 6.20. The highest BCUT2D eigenvalue weighted by Crippen LogP contribution is 2.46. The summed E-state index contributed by atoms with van der Waals surface area (Å²) in [5, 5.41) is 7.14. The maximum Gasteiger partial charge on any atom is 0.259 e. The Morgan fingerprint density at radius 2 is 1.92 bits per heavy atom. The van der Waals surface area contributed by atoms with Crippen molar-refractivity contribution in [3.05, 3.63) is 47.7 Å². The summed E-state index contributed by atoms with van der Waals surface area (Å²) in [6.07, 6.45) is 5.94. The third-order valence-corrected chi connectivity index (χ3v) is 12.0. The SMILES string of the molecule is COc1ccc2c(O[C@@H]3C[C@H]4C(=O)N[C@]5(C(=O)NS(=O)(=O)C6CC6)C[C@H]5/C=C\CCCCO[C@H](C)C(=O)N4C3)cc(-c3cc(C)on3)nc2c1C. The summed E-state index contributed by atoms with van der Waals surface area (Å²) in [4.78, 5) is 48.0. The highest BCUT2D eigenvalue weighted by Gasteiger charge is 2.62. The van der Waals surface area contributed by atoms with Gasteiger partial charge in [0.15, 0.2) is 0 Å². The number of nitrogens with one attached hydrogen (secondary N) is 2. The van der Waals surface area contributed by atoms with Crippen LogP contribution < -0.4 is 19.5 Å². The quantitative estimate of drug-likeness (QED) is 0.341. The number of benzene rings is 1. The number of aromatic nitrogens is 2. The van der Waals surface area contributed by atoms with Crippen LogP contribution in [0.5, 0.6) is 11.5 Å². The van der Waals surface area contributed by atoms with Gasteiger partial charge in [0.1, 0.15) is 46.7 Å². The molecule has 0 spiro atoms. The number of ether oxygens (including phenoxy) is 3. The molecule has 3 fully saturated rings. The first kappa shape index (κ1) is 34.9. The number of nitrogens with zero attached hydrogens (tertiary/aromatic N) is 3. The normalized spacial score (nSPS) is 27.8. The van der Waals surface area contributed by atoms with Crippen LogP contribution in [0, 0.1) is 19.8 Å². The molecule has 0 bridgehead atoms. The molecule has 2 aromatic heterocycles. The molecule has 7 rings (SSSR count). The number of allylic oxidation sites excluding steroid dienone is 1. The van der Waals surface area contributed by atoms with Gasteiger partial charge in [0.2, 0.25) is 15.9 Å². The smallest absolute Gasteiger partial charge is 0.259 e. The van der Waals surface area contributed by atoms with E-state index in [0.29, 0.717) is 59.0 Å². The molecule has 2 aliphatic heterocycles. The first-order chi connectivity index (χ1) is 24.4. The van der Waals surface area contributed by atoms with E-state index in [-0.39, 0.29) is 25.3 Å². The van der Waals surface area contributed by atoms with Gasteiger partial charge in [0.05, 0.1) is 30.1 Å². The average molecular weight is 722 g/mol. The molecule has 14 nitrogen and oxygen atoms in total. The minimum Gasteiger partial charge on any atom is -0.496 e. The van der Waals surface area contributed by atoms with Gasteiger partial charge in [-0.2, -0.15) is 0 Å². The molecule has 272 valence electrons. The molecule has 3 aromatic rings. The Bertz CT molecular complexity index is 2010. The van der Waals surface area contributed by atoms with Crippen LogP contribution >= 0.6 is 0 Å². The average Bonchev–Trinajstić information content (AvgIpc) is 3.99. The van der Waals surface area contributed by atoms with Crippen molar-refractivity contribution in [2.45, 2.75) is 94.8 Å². The van der Waals surface area contributed by atoms with Crippen molar-refractivity contribution >= 4 is 38.6 Å². The number of carbonyl (C=O) groups excluding carboxylic acids is 3. The molecule has 4 heterocycles. The Kier molecular flexibility index (Phi) is 9.29. The highest BCUT2D eigenvalue weighted by atomic mass is 32.2. The Hall–Kier alpha value is -4.50. The lowest BCUT2D eigenvalue weighted by Crippen LogP contribution is -2.57. The summed E-state index contributed by atoms with van der Waals surface area (Å²) in [5.41, 5.74) is 1.00. The summed E-state index contributed by atoms with van der Waals surface area (Å²) < 4.78 is 51.2. The van der Waals surface area contributed by atoms with Crippen molar-refractivity contribution in [2.75, 3.05) is 20.3 Å². The molecule has 1 aromatic carbocycles. The van der Waals surface area contributed by atoms with Crippen LogP contribution in [-0.2, 0) is 29.1 Å². The molecule has 2 aliphatic carbocycles. The Morgan fingerprint density at radius 3 is 2.65 bits per heavy atom. The largest absolute Gasteiger partial charge is 0.496 e. The number of hydrogen-bond acceptors (Lipinski definition) is 11. The Morgan fingerprint density at radius 1 is 1.12 bits per heavy atom. The molecule has 0 radical (unpaired) electrons. The predicted molar refractivity (Wildman–Crippen MR) is 185 cm³/mol. The molecule has 0 unspecified atom stereocenters. The highest BCUT2D eigenvalue weighted by molar-refractivity contribution is 7.91. The minimum absolute atomic E-state index is 0.0700. The lowest BCUT2D eigenvalue weighted by molar-refractivity contribution is -0.147. The van der Waals surface area contributed by atoms with Crippen LogP contribution in [0.2, 0.25) is 0 Å². The molecule has 5 atom stereocenters. The fourth-order valence-corrected chi connectivity index (χ4v) is 8.39. The number of rotatable bonds is 7. The van der Waals surface area contributed by atoms with E-state index in [1.54, 1.807) is 33.1 Å². The van der Waals surface area contributed by atoms with Crippen molar-refractivity contribution < 1.29 is 41.5 Å². The number of sulfonamides is 1. The van der Waals surface area contributed by atoms with Crippen molar-refractivity contribution in [1.29, 1.82) is 0 Å². The monoisotopic (exact) mass is 721 g/mol. The topological polar surface area (TPSA) is 179 Å². The molecule has 4 aliphatic rings. The second-order valence-electron chi connectivity index (χ2n) is 14.0. The summed E-state index contributed by atoms with van der Waals surface area (Å²) >= 11 is 0. The van der Waals surface area contributed by atoms with E-state index in [9.17, 15) is 22.8 Å². The summed E-state index contributed by atoms with van der Waals surface area (Å²) in [6.45, 7) is 5.79. The molecular formula is C36H43N5O9S. The Balaban J connectivity index is 1.21. The Labute approximate surface area is 296 Å². The van der Waals surface area contributed by atoms with Crippen molar-refractivity contribution in [1.82, 2.24) is 25.1 Å². The third kappa shape index (κ3) is 6.93. The molecule has 2 N–H and O–H groups in total. The van der Waals surface area contributed by atoms with Crippen LogP contribution in [-0.4, -0.2) is 90.5 Å². The van der Waals surface area contributed by atoms with Gasteiger partial charge in [0, 0.05) is 42.0 Å². The molecule has 1 saturated heterocycles. The van der Waals surface area contributed by atoms with Gasteiger partial charge in [-0.05, 0) is 71.4 Å². The second-order valence-corrected chi connectivity index (χ2v) is 15.9. The lowest BCUT2D eigenvalue weighted by atomic mass is 10.1. The maximum absolute atomic E-state index is 14.2. The van der Waals surface area contributed by atoms with E-state index in [4.69, 9.17) is 23.7 Å². The number of methoxy groups -OCH3 is 1. The number of aryl methyl sites for hydroxylation is 2. The first-order valence-electron chi connectivity index (χ1n) is 17.5. The van der Waals surface area contributed by atoms with Crippen molar-refractivity contribution in [2.24, 2.45) is 5.92 Å². The van der Waals surface area contributed by atoms with Crippen LogP contribution in [0.1, 0.15) is 63.2 Å². The zero-order chi connectivity index (χ0) is 36.1. The van der Waals surface area contributed by atoms with E-state index in [1.807, 2.05) is 31.2 Å². The van der Waals surface area contributed by atoms with E-state index >= 15 is 0 Å². The summed E-state index contributed by atoms with van der Waals surface area (Å²) in [7, 11) is -2.27. The van der Waals surface area contributed by atoms with E-state index in [2.05, 4.69) is 15.2 Å². The van der Waals surface area contributed by atoms with Gasteiger partial charge < -0.3 is 29.0 Å². The molecule has 2 saturated carbocycles. The zero-order valence-corrected chi connectivity index (χ0v) is 30.0. The minimum atomic E-state index is -3.85. The lowest BCUT2D eigenvalue weighted by Gasteiger charge is -2.28. The van der Waals surface area contributed by atoms with E-state index in [0.717, 1.165) is 24.8 Å². The van der Waals surface area contributed by atoms with Crippen LogP contribution in [0.4, 0.5) is 0 Å². The molecule has 3 amide bonds. The number of hydrogen-bond donors (Lipinski definition) is 2. The van der Waals surface area contributed by atoms with Gasteiger partial charge in [-0.1, -0.05) is 17.3 Å². The van der Waals surface area contributed by atoms with Gasteiger partial charge in [0.25, 0.3) is 11.8 Å². The van der Waals surface area contributed by atoms with Crippen molar-refractivity contribution in [3.63, 3.8) is 0 Å². The fraction of sp³-hybridized carbons (Fsp3) is 0.528. The zero-order valence-electron chi connectivity index (χ0n) is 29.1. The summed E-state index contributed by atoms with van der Waals surface area (Å²) in [5.74, 6) is -0.362. The van der Waals surface area contributed by atoms with Crippen LogP contribution in [0.15, 0.2) is 40.9 Å². The number of amides is 3. The predicted octanol–water partition coefficient (Wildman–Crippen LogP) is 3.49. The number of pyridine rings is 1. The van der Waals surface area contributed by atoms with Gasteiger partial charge in [-0.25, -0.2) is 13.4 Å². The number of carbonyl (C=O) groups is 3.